The zero-order valence-electron chi connectivity index (χ0n) is 21.3. The van der Waals surface area contributed by atoms with Crippen LogP contribution in [0.5, 0.6) is 5.88 Å². The predicted molar refractivity (Wildman–Crippen MR) is 145 cm³/mol. The molecule has 0 unspecified atom stereocenters. The quantitative estimate of drug-likeness (QED) is 0.210. The van der Waals surface area contributed by atoms with Crippen LogP contribution in [0.2, 0.25) is 5.15 Å². The second kappa shape index (κ2) is 11.8. The first-order valence-corrected chi connectivity index (χ1v) is 12.6. The van der Waals surface area contributed by atoms with E-state index in [9.17, 15) is 9.90 Å². The first-order chi connectivity index (χ1) is 19.3. The number of imidazole rings is 1. The minimum absolute atomic E-state index is 0.0150. The summed E-state index contributed by atoms with van der Waals surface area (Å²) in [6.07, 6.45) is 1.56. The van der Waals surface area contributed by atoms with Crippen molar-refractivity contribution in [3.8, 4) is 17.1 Å². The van der Waals surface area contributed by atoms with Gasteiger partial charge in [0.05, 0.1) is 28.9 Å². The van der Waals surface area contributed by atoms with Gasteiger partial charge in [0.15, 0.2) is 0 Å². The van der Waals surface area contributed by atoms with E-state index in [1.165, 1.54) is 19.2 Å². The summed E-state index contributed by atoms with van der Waals surface area (Å²) in [4.78, 5) is 24.4. The normalized spacial score (nSPS) is 11.2. The maximum atomic E-state index is 15.3. The Bertz CT molecular complexity index is 1690. The van der Waals surface area contributed by atoms with E-state index in [1.54, 1.807) is 47.2 Å². The second-order valence-electron chi connectivity index (χ2n) is 8.92. The first-order valence-electron chi connectivity index (χ1n) is 12.2. The molecule has 0 radical (unpaired) electrons. The van der Waals surface area contributed by atoms with Gasteiger partial charge in [-0.3, -0.25) is 0 Å². The fourth-order valence-electron chi connectivity index (χ4n) is 4.26. The number of carbonyl (C=O) groups is 1. The van der Waals surface area contributed by atoms with Gasteiger partial charge < -0.3 is 19.1 Å². The van der Waals surface area contributed by atoms with E-state index in [1.807, 2.05) is 0 Å². The molecule has 0 aliphatic rings. The van der Waals surface area contributed by atoms with Gasteiger partial charge in [0.1, 0.15) is 29.2 Å². The van der Waals surface area contributed by atoms with Crippen molar-refractivity contribution in [2.45, 2.75) is 19.6 Å². The van der Waals surface area contributed by atoms with Crippen LogP contribution in [0.4, 0.5) is 8.78 Å². The number of ether oxygens (including phenoxy) is 2. The lowest BCUT2D eigenvalue weighted by Crippen LogP contribution is -2.10. The predicted octanol–water partition coefficient (Wildman–Crippen LogP) is 5.94. The van der Waals surface area contributed by atoms with Gasteiger partial charge in [-0.15, -0.1) is 0 Å². The van der Waals surface area contributed by atoms with Gasteiger partial charge >= 0.3 is 5.97 Å². The van der Waals surface area contributed by atoms with Crippen LogP contribution < -0.4 is 4.74 Å². The second-order valence-corrected chi connectivity index (χ2v) is 9.31. The third kappa shape index (κ3) is 5.93. The molecule has 0 spiro atoms. The lowest BCUT2D eigenvalue weighted by Gasteiger charge is -2.12. The molecular formula is C29H23ClF2N4O4. The molecule has 0 bridgehead atoms. The Balaban J connectivity index is 1.41. The summed E-state index contributed by atoms with van der Waals surface area (Å²) < 4.78 is 43.3. The number of aromatic nitrogens is 4. The summed E-state index contributed by atoms with van der Waals surface area (Å²) in [6.45, 7) is 0.856. The molecule has 0 saturated carbocycles. The van der Waals surface area contributed by atoms with Crippen LogP contribution in [0.15, 0.2) is 66.9 Å². The molecule has 5 aromatic rings. The summed E-state index contributed by atoms with van der Waals surface area (Å²) in [5.74, 6) is -1.67. The van der Waals surface area contributed by atoms with Gasteiger partial charge in [0.25, 0.3) is 0 Å². The first kappa shape index (κ1) is 27.2. The highest BCUT2D eigenvalue weighted by atomic mass is 35.5. The van der Waals surface area contributed by atoms with E-state index in [4.69, 9.17) is 21.1 Å². The van der Waals surface area contributed by atoms with Crippen LogP contribution in [-0.2, 0) is 24.3 Å². The van der Waals surface area contributed by atoms with Crippen LogP contribution in [0.25, 0.3) is 22.3 Å². The molecule has 40 heavy (non-hydrogen) atoms. The standard InChI is InChI=1S/C29H23ClF2N4O4/c1-39-10-9-36-25-12-18(29(37)38)6-7-24(25)34-27(36)13-19-11-22(32)20(14-21(19)31)23-3-2-4-28(35-23)40-16-17-5-8-26(30)33-15-17/h2-8,11-12,14-15H,9-10,13,16H2,1H3,(H,37,38). The van der Waals surface area contributed by atoms with E-state index >= 15 is 8.78 Å². The molecule has 0 saturated heterocycles. The lowest BCUT2D eigenvalue weighted by molar-refractivity contribution is 0.0697. The maximum absolute atomic E-state index is 15.3. The minimum atomic E-state index is -1.07. The highest BCUT2D eigenvalue weighted by Gasteiger charge is 2.18. The average molecular weight is 565 g/mol. The molecule has 204 valence electrons. The number of aromatic carboxylic acids is 1. The average Bonchev–Trinajstić information content (AvgIpc) is 3.29. The number of hydrogen-bond donors (Lipinski definition) is 1. The lowest BCUT2D eigenvalue weighted by atomic mass is 10.0. The number of pyridine rings is 2. The molecule has 8 nitrogen and oxygen atoms in total. The summed E-state index contributed by atoms with van der Waals surface area (Å²) in [5, 5.41) is 9.75. The molecule has 2 aromatic carbocycles. The Labute approximate surface area is 232 Å². The van der Waals surface area contributed by atoms with Crippen molar-refractivity contribution < 1.29 is 28.2 Å². The molecule has 3 heterocycles. The number of halogens is 3. The third-order valence-electron chi connectivity index (χ3n) is 6.25. The van der Waals surface area contributed by atoms with Crippen LogP contribution in [0.3, 0.4) is 0 Å². The summed E-state index contributed by atoms with van der Waals surface area (Å²) in [7, 11) is 1.54. The number of hydrogen-bond acceptors (Lipinski definition) is 6. The number of benzene rings is 2. The largest absolute Gasteiger partial charge is 0.478 e. The SMILES string of the molecule is COCCn1c(Cc2cc(F)c(-c3cccc(OCc4ccc(Cl)nc4)n3)cc2F)nc2ccc(C(=O)O)cc21. The van der Waals surface area contributed by atoms with Crippen molar-refractivity contribution in [3.05, 3.63) is 106 Å². The van der Waals surface area contributed by atoms with Crippen molar-refractivity contribution in [1.29, 1.82) is 0 Å². The smallest absolute Gasteiger partial charge is 0.335 e. The fourth-order valence-corrected chi connectivity index (χ4v) is 4.37. The van der Waals surface area contributed by atoms with Gasteiger partial charge in [-0.25, -0.2) is 28.5 Å². The van der Waals surface area contributed by atoms with E-state index in [-0.39, 0.29) is 41.3 Å². The fraction of sp³-hybridized carbons (Fsp3) is 0.172. The highest BCUT2D eigenvalue weighted by Crippen LogP contribution is 2.28. The number of carboxylic acids is 1. The molecular weight excluding hydrogens is 542 g/mol. The molecule has 0 aliphatic carbocycles. The zero-order valence-corrected chi connectivity index (χ0v) is 22.0. The van der Waals surface area contributed by atoms with Crippen molar-refractivity contribution in [2.24, 2.45) is 0 Å². The molecule has 5 rings (SSSR count). The summed E-state index contributed by atoms with van der Waals surface area (Å²) in [5.41, 5.74) is 2.28. The number of rotatable bonds is 10. The number of methoxy groups -OCH3 is 1. The number of fused-ring (bicyclic) bond motifs is 1. The maximum Gasteiger partial charge on any atom is 0.335 e. The zero-order chi connectivity index (χ0) is 28.2. The number of carboxylic acid groups (broad SMARTS) is 1. The Morgan fingerprint density at radius 1 is 1.05 bits per heavy atom. The summed E-state index contributed by atoms with van der Waals surface area (Å²) in [6, 6.07) is 15.0. The topological polar surface area (TPSA) is 99.4 Å². The van der Waals surface area contributed by atoms with Crippen molar-refractivity contribution in [2.75, 3.05) is 13.7 Å². The molecule has 1 N–H and O–H groups in total. The highest BCUT2D eigenvalue weighted by molar-refractivity contribution is 6.29. The van der Waals surface area contributed by atoms with Crippen molar-refractivity contribution >= 4 is 28.6 Å². The van der Waals surface area contributed by atoms with Crippen LogP contribution >= 0.6 is 11.6 Å². The van der Waals surface area contributed by atoms with Gasteiger partial charge in [0.2, 0.25) is 5.88 Å². The van der Waals surface area contributed by atoms with Gasteiger partial charge in [0, 0.05) is 43.5 Å². The molecule has 0 fully saturated rings. The van der Waals surface area contributed by atoms with Crippen molar-refractivity contribution in [1.82, 2.24) is 19.5 Å². The Morgan fingerprint density at radius 2 is 1.90 bits per heavy atom. The van der Waals surface area contributed by atoms with Crippen molar-refractivity contribution in [3.63, 3.8) is 0 Å². The Kier molecular flexibility index (Phi) is 7.99. The monoisotopic (exact) mass is 564 g/mol. The Morgan fingerprint density at radius 3 is 2.65 bits per heavy atom. The molecule has 0 amide bonds. The van der Waals surface area contributed by atoms with Crippen LogP contribution in [0.1, 0.15) is 27.3 Å². The van der Waals surface area contributed by atoms with E-state index in [0.717, 1.165) is 17.7 Å². The summed E-state index contributed by atoms with van der Waals surface area (Å²) >= 11 is 5.80. The molecule has 0 aliphatic heterocycles. The molecule has 0 atom stereocenters. The minimum Gasteiger partial charge on any atom is -0.478 e. The van der Waals surface area contributed by atoms with E-state index in [0.29, 0.717) is 35.2 Å². The van der Waals surface area contributed by atoms with Crippen LogP contribution in [0, 0.1) is 11.6 Å². The van der Waals surface area contributed by atoms with E-state index in [2.05, 4.69) is 15.0 Å². The molecule has 11 heteroatoms. The molecule has 3 aromatic heterocycles. The van der Waals surface area contributed by atoms with E-state index < -0.39 is 17.6 Å². The Hall–Kier alpha value is -4.41. The third-order valence-corrected chi connectivity index (χ3v) is 6.48. The number of nitrogens with zero attached hydrogens (tertiary/aromatic N) is 4. The van der Waals surface area contributed by atoms with Gasteiger partial charge in [-0.05, 0) is 48.0 Å². The van der Waals surface area contributed by atoms with Crippen LogP contribution in [-0.4, -0.2) is 44.3 Å². The van der Waals surface area contributed by atoms with Gasteiger partial charge in [-0.1, -0.05) is 23.7 Å². The van der Waals surface area contributed by atoms with Gasteiger partial charge in [-0.2, -0.15) is 0 Å².